The van der Waals surface area contributed by atoms with Crippen LogP contribution in [0.5, 0.6) is 0 Å². The molecule has 1 atom stereocenters. The summed E-state index contributed by atoms with van der Waals surface area (Å²) in [6.45, 7) is 6.26. The van der Waals surface area contributed by atoms with Gasteiger partial charge in [-0.3, -0.25) is 4.79 Å². The lowest BCUT2D eigenvalue weighted by Gasteiger charge is -2.15. The number of nitrogens with two attached hydrogens (primary N) is 1. The van der Waals surface area contributed by atoms with E-state index in [0.29, 0.717) is 26.4 Å². The maximum Gasteiger partial charge on any atom is 0.226 e. The van der Waals surface area contributed by atoms with Crippen LogP contribution in [-0.2, 0) is 20.9 Å². The van der Waals surface area contributed by atoms with Gasteiger partial charge in [0.2, 0.25) is 5.91 Å². The van der Waals surface area contributed by atoms with Crippen molar-refractivity contribution in [2.24, 2.45) is 5.73 Å². The van der Waals surface area contributed by atoms with Gasteiger partial charge in [-0.25, -0.2) is 0 Å². The van der Waals surface area contributed by atoms with Crippen molar-refractivity contribution in [1.29, 1.82) is 0 Å². The molecule has 0 heterocycles. The van der Waals surface area contributed by atoms with Gasteiger partial charge in [-0.1, -0.05) is 42.5 Å². The molecule has 3 N–H and O–H groups in total. The topological polar surface area (TPSA) is 73.6 Å². The highest BCUT2D eigenvalue weighted by atomic mass is 35.5. The number of ether oxygens (including phenoxy) is 2. The third-order valence-corrected chi connectivity index (χ3v) is 4.19. The van der Waals surface area contributed by atoms with E-state index in [1.165, 1.54) is 0 Å². The standard InChI is InChI=1S/C21H28N2O3.ClH/c1-3-25-12-13-26-15-18-10-7-11-20(16(18)2)23-21(24)14-19(22)17-8-5-4-6-9-17;/h4-11,19H,3,12-15,22H2,1-2H3,(H,23,24);1H. The van der Waals surface area contributed by atoms with Crippen LogP contribution in [0, 0.1) is 6.92 Å². The van der Waals surface area contributed by atoms with Crippen molar-refractivity contribution in [3.63, 3.8) is 0 Å². The maximum atomic E-state index is 12.4. The lowest BCUT2D eigenvalue weighted by Crippen LogP contribution is -2.21. The Morgan fingerprint density at radius 3 is 2.48 bits per heavy atom. The van der Waals surface area contributed by atoms with E-state index in [9.17, 15) is 4.79 Å². The normalized spacial score (nSPS) is 11.5. The third-order valence-electron chi connectivity index (χ3n) is 4.19. The third kappa shape index (κ3) is 7.69. The maximum absolute atomic E-state index is 12.4. The van der Waals surface area contributed by atoms with Crippen LogP contribution in [0.3, 0.4) is 0 Å². The monoisotopic (exact) mass is 392 g/mol. The summed E-state index contributed by atoms with van der Waals surface area (Å²) in [7, 11) is 0. The van der Waals surface area contributed by atoms with E-state index in [4.69, 9.17) is 15.2 Å². The van der Waals surface area contributed by atoms with Crippen molar-refractivity contribution < 1.29 is 14.3 Å². The van der Waals surface area contributed by atoms with Gasteiger partial charge in [0.25, 0.3) is 0 Å². The average Bonchev–Trinajstić information content (AvgIpc) is 2.65. The zero-order chi connectivity index (χ0) is 18.8. The van der Waals surface area contributed by atoms with Crippen LogP contribution < -0.4 is 11.1 Å². The molecule has 0 radical (unpaired) electrons. The second-order valence-electron chi connectivity index (χ2n) is 6.11. The summed E-state index contributed by atoms with van der Waals surface area (Å²) in [6.07, 6.45) is 0.235. The first-order chi connectivity index (χ1) is 12.6. The molecule has 2 aromatic rings. The van der Waals surface area contributed by atoms with Crippen molar-refractivity contribution in [2.45, 2.75) is 32.9 Å². The predicted molar refractivity (Wildman–Crippen MR) is 111 cm³/mol. The molecule has 27 heavy (non-hydrogen) atoms. The number of hydrogen-bond donors (Lipinski definition) is 2. The summed E-state index contributed by atoms with van der Waals surface area (Å²) < 4.78 is 10.9. The molecule has 5 nitrogen and oxygen atoms in total. The van der Waals surface area contributed by atoms with E-state index >= 15 is 0 Å². The number of nitrogens with one attached hydrogen (secondary N) is 1. The smallest absolute Gasteiger partial charge is 0.226 e. The molecule has 1 amide bonds. The van der Waals surface area contributed by atoms with Gasteiger partial charge < -0.3 is 20.5 Å². The van der Waals surface area contributed by atoms with Crippen LogP contribution in [0.4, 0.5) is 5.69 Å². The molecule has 0 bridgehead atoms. The van der Waals surface area contributed by atoms with Crippen molar-refractivity contribution in [2.75, 3.05) is 25.1 Å². The quantitative estimate of drug-likeness (QED) is 0.599. The van der Waals surface area contributed by atoms with Gasteiger partial charge in [0.1, 0.15) is 0 Å². The number of carbonyl (C=O) groups is 1. The second-order valence-corrected chi connectivity index (χ2v) is 6.11. The van der Waals surface area contributed by atoms with E-state index in [2.05, 4.69) is 5.32 Å². The number of carbonyl (C=O) groups excluding carboxylic acids is 1. The van der Waals surface area contributed by atoms with Gasteiger partial charge in [0.15, 0.2) is 0 Å². The van der Waals surface area contributed by atoms with Gasteiger partial charge in [-0.2, -0.15) is 0 Å². The van der Waals surface area contributed by atoms with Gasteiger partial charge in [-0.15, -0.1) is 12.4 Å². The minimum atomic E-state index is -0.318. The van der Waals surface area contributed by atoms with Gasteiger partial charge in [-0.05, 0) is 36.6 Å². The van der Waals surface area contributed by atoms with Crippen LogP contribution >= 0.6 is 12.4 Å². The molecule has 0 aromatic heterocycles. The molecule has 0 saturated carbocycles. The number of anilines is 1. The number of rotatable bonds is 10. The number of hydrogen-bond acceptors (Lipinski definition) is 4. The zero-order valence-electron chi connectivity index (χ0n) is 15.9. The summed E-state index contributed by atoms with van der Waals surface area (Å²) in [5, 5.41) is 2.96. The Kier molecular flexibility index (Phi) is 10.7. The molecule has 6 heteroatoms. The summed E-state index contributed by atoms with van der Waals surface area (Å²) in [6, 6.07) is 15.1. The molecule has 0 aliphatic rings. The molecular weight excluding hydrogens is 364 g/mol. The molecule has 2 rings (SSSR count). The SMILES string of the molecule is CCOCCOCc1cccc(NC(=O)CC(N)c2ccccc2)c1C.Cl. The Hall–Kier alpha value is -1.92. The fraction of sp³-hybridized carbons (Fsp3) is 0.381. The first-order valence-corrected chi connectivity index (χ1v) is 8.96. The molecule has 0 aliphatic carbocycles. The largest absolute Gasteiger partial charge is 0.379 e. The van der Waals surface area contributed by atoms with Crippen LogP contribution in [0.15, 0.2) is 48.5 Å². The van der Waals surface area contributed by atoms with Crippen LogP contribution in [0.2, 0.25) is 0 Å². The fourth-order valence-corrected chi connectivity index (χ4v) is 2.64. The Morgan fingerprint density at radius 2 is 1.78 bits per heavy atom. The molecule has 0 fully saturated rings. The number of benzene rings is 2. The van der Waals surface area contributed by atoms with E-state index in [1.54, 1.807) is 0 Å². The minimum absolute atomic E-state index is 0. The number of halogens is 1. The molecule has 2 aromatic carbocycles. The molecule has 0 aliphatic heterocycles. The van der Waals surface area contributed by atoms with Gasteiger partial charge in [0.05, 0.1) is 19.8 Å². The van der Waals surface area contributed by atoms with Crippen LogP contribution in [0.25, 0.3) is 0 Å². The Balaban J connectivity index is 0.00000364. The molecule has 0 spiro atoms. The summed E-state index contributed by atoms with van der Waals surface area (Å²) in [5.74, 6) is -0.0983. The van der Waals surface area contributed by atoms with Gasteiger partial charge in [0, 0.05) is 24.8 Å². The summed E-state index contributed by atoms with van der Waals surface area (Å²) >= 11 is 0. The summed E-state index contributed by atoms with van der Waals surface area (Å²) in [5.41, 5.74) is 9.93. The van der Waals surface area contributed by atoms with E-state index in [-0.39, 0.29) is 30.8 Å². The lowest BCUT2D eigenvalue weighted by molar-refractivity contribution is -0.116. The first-order valence-electron chi connectivity index (χ1n) is 8.96. The highest BCUT2D eigenvalue weighted by Crippen LogP contribution is 2.21. The van der Waals surface area contributed by atoms with Crippen LogP contribution in [0.1, 0.15) is 36.1 Å². The Bertz CT molecular complexity index is 695. The van der Waals surface area contributed by atoms with Crippen LogP contribution in [-0.4, -0.2) is 25.7 Å². The van der Waals surface area contributed by atoms with Crippen molar-refractivity contribution in [3.05, 3.63) is 65.2 Å². The Morgan fingerprint density at radius 1 is 1.07 bits per heavy atom. The average molecular weight is 393 g/mol. The van der Waals surface area contributed by atoms with E-state index in [1.807, 2.05) is 62.4 Å². The van der Waals surface area contributed by atoms with Gasteiger partial charge >= 0.3 is 0 Å². The predicted octanol–water partition coefficient (Wildman–Crippen LogP) is 4.00. The molecule has 1 unspecified atom stereocenters. The summed E-state index contributed by atoms with van der Waals surface area (Å²) in [4.78, 5) is 12.4. The Labute approximate surface area is 167 Å². The molecular formula is C21H29ClN2O3. The number of amides is 1. The lowest BCUT2D eigenvalue weighted by atomic mass is 10.0. The molecule has 0 saturated heterocycles. The second kappa shape index (κ2) is 12.5. The van der Waals surface area contributed by atoms with Crippen molar-refractivity contribution in [1.82, 2.24) is 0 Å². The fourth-order valence-electron chi connectivity index (χ4n) is 2.64. The highest BCUT2D eigenvalue weighted by Gasteiger charge is 2.13. The van der Waals surface area contributed by atoms with Crippen molar-refractivity contribution >= 4 is 24.0 Å². The molecule has 148 valence electrons. The zero-order valence-corrected chi connectivity index (χ0v) is 16.8. The van der Waals surface area contributed by atoms with Crippen molar-refractivity contribution in [3.8, 4) is 0 Å². The van der Waals surface area contributed by atoms with E-state index < -0.39 is 0 Å². The minimum Gasteiger partial charge on any atom is -0.379 e. The highest BCUT2D eigenvalue weighted by molar-refractivity contribution is 5.92. The first kappa shape index (κ1) is 23.1. The van der Waals surface area contributed by atoms with E-state index in [0.717, 1.165) is 22.4 Å².